The van der Waals surface area contributed by atoms with Crippen molar-refractivity contribution in [3.05, 3.63) is 41.2 Å². The number of amides is 1. The Morgan fingerprint density at radius 2 is 2.13 bits per heavy atom. The van der Waals surface area contributed by atoms with Crippen LogP contribution in [0.3, 0.4) is 0 Å². The van der Waals surface area contributed by atoms with Gasteiger partial charge in [0.25, 0.3) is 5.91 Å². The maximum atomic E-state index is 13.6. The standard InChI is InChI=1S/C18H20FNO3/c1-18(2)22-15-6-3-11-7-8-20(17(21)16(15)23-18)10-12-9-13(19)4-5-14(11)12/h3-5,9,15-16H,6-8,10H2,1-2H3/b11-3-/t15-,16+/m1/s1. The van der Waals surface area contributed by atoms with Crippen LogP contribution in [0, 0.1) is 5.82 Å². The molecule has 4 nitrogen and oxygen atoms in total. The van der Waals surface area contributed by atoms with E-state index in [4.69, 9.17) is 9.47 Å². The number of hydrogen-bond acceptors (Lipinski definition) is 3. The molecule has 1 saturated heterocycles. The van der Waals surface area contributed by atoms with Crippen molar-refractivity contribution >= 4 is 11.5 Å². The fraction of sp³-hybridized carbons (Fsp3) is 0.500. The Morgan fingerprint density at radius 1 is 1.30 bits per heavy atom. The second kappa shape index (κ2) is 5.14. The monoisotopic (exact) mass is 317 g/mol. The lowest BCUT2D eigenvalue weighted by atomic mass is 9.96. The second-order valence-electron chi connectivity index (χ2n) is 6.87. The third kappa shape index (κ3) is 2.58. The van der Waals surface area contributed by atoms with Crippen LogP contribution in [0.5, 0.6) is 0 Å². The molecule has 2 atom stereocenters. The van der Waals surface area contributed by atoms with Crippen molar-refractivity contribution in [2.45, 2.75) is 51.2 Å². The number of carbonyl (C=O) groups is 1. The van der Waals surface area contributed by atoms with Crippen LogP contribution in [-0.4, -0.2) is 35.3 Å². The molecule has 2 bridgehead atoms. The topological polar surface area (TPSA) is 38.8 Å². The summed E-state index contributed by atoms with van der Waals surface area (Å²) < 4.78 is 25.4. The van der Waals surface area contributed by atoms with E-state index in [0.717, 1.165) is 23.1 Å². The van der Waals surface area contributed by atoms with Crippen molar-refractivity contribution in [2.75, 3.05) is 6.54 Å². The van der Waals surface area contributed by atoms with Crippen LogP contribution in [-0.2, 0) is 20.8 Å². The average Bonchev–Trinajstić information content (AvgIpc) is 2.71. The van der Waals surface area contributed by atoms with Crippen molar-refractivity contribution in [3.63, 3.8) is 0 Å². The van der Waals surface area contributed by atoms with Gasteiger partial charge in [0.1, 0.15) is 5.82 Å². The third-order valence-electron chi connectivity index (χ3n) is 4.76. The molecule has 3 aliphatic rings. The van der Waals surface area contributed by atoms with Crippen LogP contribution in [0.25, 0.3) is 5.57 Å². The summed E-state index contributed by atoms with van der Waals surface area (Å²) in [6.07, 6.45) is 2.67. The van der Waals surface area contributed by atoms with Gasteiger partial charge >= 0.3 is 0 Å². The number of ether oxygens (including phenoxy) is 2. The van der Waals surface area contributed by atoms with E-state index in [1.165, 1.54) is 12.1 Å². The van der Waals surface area contributed by atoms with Gasteiger partial charge in [0.2, 0.25) is 0 Å². The molecular weight excluding hydrogens is 297 g/mol. The molecule has 4 rings (SSSR count). The maximum absolute atomic E-state index is 13.6. The lowest BCUT2D eigenvalue weighted by Gasteiger charge is -2.25. The van der Waals surface area contributed by atoms with Crippen molar-refractivity contribution in [1.82, 2.24) is 4.90 Å². The molecule has 0 aliphatic carbocycles. The third-order valence-corrected chi connectivity index (χ3v) is 4.76. The number of carbonyl (C=O) groups excluding carboxylic acids is 1. The number of rotatable bonds is 0. The lowest BCUT2D eigenvalue weighted by molar-refractivity contribution is -0.161. The molecule has 1 aromatic carbocycles. The van der Waals surface area contributed by atoms with Gasteiger partial charge in [-0.3, -0.25) is 4.79 Å². The summed E-state index contributed by atoms with van der Waals surface area (Å²) in [5.74, 6) is -1.09. The minimum atomic E-state index is -0.753. The van der Waals surface area contributed by atoms with E-state index < -0.39 is 11.9 Å². The molecule has 3 aliphatic heterocycles. The Hall–Kier alpha value is -1.72. The first-order valence-electron chi connectivity index (χ1n) is 8.05. The van der Waals surface area contributed by atoms with Crippen LogP contribution in [0.15, 0.2) is 24.3 Å². The number of hydrogen-bond donors (Lipinski definition) is 0. The van der Waals surface area contributed by atoms with Gasteiger partial charge in [-0.2, -0.15) is 0 Å². The van der Waals surface area contributed by atoms with Crippen LogP contribution < -0.4 is 0 Å². The quantitative estimate of drug-likeness (QED) is 0.738. The molecule has 0 unspecified atom stereocenters. The van der Waals surface area contributed by atoms with Gasteiger partial charge in [-0.05, 0) is 55.5 Å². The molecule has 3 heterocycles. The van der Waals surface area contributed by atoms with E-state index >= 15 is 0 Å². The Kier molecular flexibility index (Phi) is 3.32. The largest absolute Gasteiger partial charge is 0.344 e. The predicted octanol–water partition coefficient (Wildman–Crippen LogP) is 2.87. The van der Waals surface area contributed by atoms with Crippen LogP contribution >= 0.6 is 0 Å². The Balaban J connectivity index is 1.79. The summed E-state index contributed by atoms with van der Waals surface area (Å²) in [5.41, 5.74) is 3.06. The molecule has 23 heavy (non-hydrogen) atoms. The van der Waals surface area contributed by atoms with Gasteiger partial charge < -0.3 is 14.4 Å². The Morgan fingerprint density at radius 3 is 2.96 bits per heavy atom. The molecule has 0 saturated carbocycles. The molecule has 5 heteroatoms. The molecular formula is C18H20FNO3. The highest BCUT2D eigenvalue weighted by Gasteiger charge is 2.46. The zero-order valence-corrected chi connectivity index (χ0v) is 13.3. The number of fused-ring (bicyclic) bond motifs is 6. The van der Waals surface area contributed by atoms with Gasteiger partial charge in [0, 0.05) is 13.1 Å². The smallest absolute Gasteiger partial charge is 0.254 e. The number of nitrogens with zero attached hydrogens (tertiary/aromatic N) is 1. The zero-order valence-electron chi connectivity index (χ0n) is 13.3. The van der Waals surface area contributed by atoms with Gasteiger partial charge in [-0.1, -0.05) is 12.1 Å². The predicted molar refractivity (Wildman–Crippen MR) is 82.9 cm³/mol. The first-order valence-corrected chi connectivity index (χ1v) is 8.05. The maximum Gasteiger partial charge on any atom is 0.254 e. The molecule has 0 radical (unpaired) electrons. The highest BCUT2D eigenvalue weighted by molar-refractivity contribution is 5.83. The highest BCUT2D eigenvalue weighted by Crippen LogP contribution is 2.36. The Labute approximate surface area is 134 Å². The zero-order chi connectivity index (χ0) is 16.2. The first-order chi connectivity index (χ1) is 10.9. The van der Waals surface area contributed by atoms with Gasteiger partial charge in [0.15, 0.2) is 11.9 Å². The SMILES string of the molecule is CC1(C)O[C@@H]2C(=O)N3CC/C(=C/C[C@H]2O1)c1ccc(F)cc1C3. The average molecular weight is 317 g/mol. The summed E-state index contributed by atoms with van der Waals surface area (Å²) in [6, 6.07) is 4.83. The minimum Gasteiger partial charge on any atom is -0.344 e. The van der Waals surface area contributed by atoms with E-state index in [9.17, 15) is 9.18 Å². The molecule has 122 valence electrons. The van der Waals surface area contributed by atoms with Gasteiger partial charge in [-0.25, -0.2) is 4.39 Å². The summed E-state index contributed by atoms with van der Waals surface area (Å²) in [7, 11) is 0. The second-order valence-corrected chi connectivity index (χ2v) is 6.87. The van der Waals surface area contributed by atoms with Crippen LogP contribution in [0.4, 0.5) is 4.39 Å². The number of benzene rings is 1. The fourth-order valence-corrected chi connectivity index (χ4v) is 3.74. The van der Waals surface area contributed by atoms with Crippen molar-refractivity contribution < 1.29 is 18.7 Å². The minimum absolute atomic E-state index is 0.0627. The van der Waals surface area contributed by atoms with Crippen molar-refractivity contribution in [2.24, 2.45) is 0 Å². The van der Waals surface area contributed by atoms with Crippen molar-refractivity contribution in [3.8, 4) is 0 Å². The molecule has 1 amide bonds. The normalized spacial score (nSPS) is 31.3. The molecule has 1 fully saturated rings. The highest BCUT2D eigenvalue weighted by atomic mass is 19.1. The van der Waals surface area contributed by atoms with Crippen LogP contribution in [0.2, 0.25) is 0 Å². The van der Waals surface area contributed by atoms with Crippen LogP contribution in [0.1, 0.15) is 37.8 Å². The summed E-state index contributed by atoms with van der Waals surface area (Å²) >= 11 is 0. The van der Waals surface area contributed by atoms with E-state index in [0.29, 0.717) is 19.5 Å². The van der Waals surface area contributed by atoms with E-state index in [2.05, 4.69) is 6.08 Å². The first kappa shape index (κ1) is 14.8. The fourth-order valence-electron chi connectivity index (χ4n) is 3.74. The van der Waals surface area contributed by atoms with E-state index in [-0.39, 0.29) is 17.8 Å². The number of halogens is 1. The van der Waals surface area contributed by atoms with Crippen molar-refractivity contribution in [1.29, 1.82) is 0 Å². The summed E-state index contributed by atoms with van der Waals surface area (Å²) in [6.45, 7) is 4.69. The van der Waals surface area contributed by atoms with Gasteiger partial charge in [-0.15, -0.1) is 0 Å². The Bertz CT molecular complexity index is 698. The van der Waals surface area contributed by atoms with E-state index in [1.54, 1.807) is 4.90 Å². The summed E-state index contributed by atoms with van der Waals surface area (Å²) in [5, 5.41) is 0. The summed E-state index contributed by atoms with van der Waals surface area (Å²) in [4.78, 5) is 14.7. The molecule has 0 aromatic heterocycles. The molecule has 0 spiro atoms. The molecule has 1 aromatic rings. The van der Waals surface area contributed by atoms with Gasteiger partial charge in [0.05, 0.1) is 6.10 Å². The lowest BCUT2D eigenvalue weighted by Crippen LogP contribution is -2.43. The molecule has 0 N–H and O–H groups in total. The van der Waals surface area contributed by atoms with E-state index in [1.807, 2.05) is 19.9 Å².